The van der Waals surface area contributed by atoms with E-state index < -0.39 is 10.2 Å². The molecule has 8 heteroatoms. The molecular formula is C18H27N5O2S. The van der Waals surface area contributed by atoms with E-state index >= 15 is 0 Å². The number of rotatable bonds is 5. The quantitative estimate of drug-likeness (QED) is 0.802. The molecule has 1 atom stereocenters. The molecule has 0 aliphatic carbocycles. The first-order valence-electron chi connectivity index (χ1n) is 8.99. The van der Waals surface area contributed by atoms with Gasteiger partial charge in [-0.15, -0.1) is 0 Å². The third-order valence-corrected chi connectivity index (χ3v) is 6.69. The molecule has 0 saturated carbocycles. The highest BCUT2D eigenvalue weighted by molar-refractivity contribution is 7.86. The van der Waals surface area contributed by atoms with E-state index in [2.05, 4.69) is 18.8 Å². The maximum atomic E-state index is 12.5. The second kappa shape index (κ2) is 7.46. The highest BCUT2D eigenvalue weighted by Crippen LogP contribution is 2.28. The number of hydrogen-bond acceptors (Lipinski definition) is 4. The van der Waals surface area contributed by atoms with Gasteiger partial charge in [0.2, 0.25) is 0 Å². The zero-order valence-electron chi connectivity index (χ0n) is 15.8. The number of aromatic nitrogens is 3. The maximum absolute atomic E-state index is 12.5. The Morgan fingerprint density at radius 3 is 2.73 bits per heavy atom. The van der Waals surface area contributed by atoms with Crippen molar-refractivity contribution in [1.29, 1.82) is 0 Å². The fourth-order valence-corrected chi connectivity index (χ4v) is 4.55. The fraction of sp³-hybridized carbons (Fsp3) is 0.556. The summed E-state index contributed by atoms with van der Waals surface area (Å²) in [7, 11) is -0.241. The van der Waals surface area contributed by atoms with Gasteiger partial charge < -0.3 is 0 Å². The van der Waals surface area contributed by atoms with Gasteiger partial charge >= 0.3 is 0 Å². The number of piperidine rings is 1. The van der Waals surface area contributed by atoms with E-state index in [9.17, 15) is 8.42 Å². The van der Waals surface area contributed by atoms with Gasteiger partial charge in [-0.1, -0.05) is 19.9 Å². The molecule has 3 rings (SSSR count). The van der Waals surface area contributed by atoms with Crippen LogP contribution in [0.2, 0.25) is 0 Å². The van der Waals surface area contributed by atoms with Crippen molar-refractivity contribution in [2.75, 3.05) is 27.2 Å². The predicted molar refractivity (Wildman–Crippen MR) is 102 cm³/mol. The topological polar surface area (TPSA) is 71.3 Å². The highest BCUT2D eigenvalue weighted by atomic mass is 32.2. The van der Waals surface area contributed by atoms with Crippen molar-refractivity contribution in [3.8, 4) is 5.82 Å². The predicted octanol–water partition coefficient (Wildman–Crippen LogP) is 2.38. The van der Waals surface area contributed by atoms with Crippen molar-refractivity contribution in [2.24, 2.45) is 0 Å². The Hall–Kier alpha value is -1.77. The Labute approximate surface area is 155 Å². The van der Waals surface area contributed by atoms with Crippen molar-refractivity contribution in [2.45, 2.75) is 38.5 Å². The molecule has 0 bridgehead atoms. The fourth-order valence-electron chi connectivity index (χ4n) is 3.36. The number of pyridine rings is 1. The van der Waals surface area contributed by atoms with Crippen LogP contribution in [0.3, 0.4) is 0 Å². The molecule has 0 spiro atoms. The summed E-state index contributed by atoms with van der Waals surface area (Å²) in [6.07, 6.45) is 5.49. The van der Waals surface area contributed by atoms with Gasteiger partial charge in [0.15, 0.2) is 0 Å². The van der Waals surface area contributed by atoms with Crippen LogP contribution in [-0.2, 0) is 10.2 Å². The van der Waals surface area contributed by atoms with Crippen LogP contribution in [0.1, 0.15) is 50.0 Å². The molecule has 26 heavy (non-hydrogen) atoms. The average Bonchev–Trinajstić information content (AvgIpc) is 3.12. The minimum absolute atomic E-state index is 0.101. The lowest BCUT2D eigenvalue weighted by Gasteiger charge is -2.33. The van der Waals surface area contributed by atoms with Crippen molar-refractivity contribution < 1.29 is 8.42 Å². The second-order valence-corrected chi connectivity index (χ2v) is 9.36. The van der Waals surface area contributed by atoms with Crippen molar-refractivity contribution >= 4 is 10.2 Å². The summed E-state index contributed by atoms with van der Waals surface area (Å²) in [5, 5.41) is 0. The monoisotopic (exact) mass is 377 g/mol. The smallest absolute Gasteiger partial charge is 0.281 e. The molecule has 1 saturated heterocycles. The first kappa shape index (κ1) is 19.0. The maximum Gasteiger partial charge on any atom is 0.281 e. The van der Waals surface area contributed by atoms with Crippen molar-refractivity contribution in [1.82, 2.24) is 23.1 Å². The van der Waals surface area contributed by atoms with Gasteiger partial charge in [-0.2, -0.15) is 17.0 Å². The van der Waals surface area contributed by atoms with Gasteiger partial charge in [-0.3, -0.25) is 4.57 Å². The summed E-state index contributed by atoms with van der Waals surface area (Å²) >= 11 is 0. The van der Waals surface area contributed by atoms with Crippen LogP contribution in [0, 0.1) is 0 Å². The zero-order valence-corrected chi connectivity index (χ0v) is 16.6. The van der Waals surface area contributed by atoms with E-state index in [0.717, 1.165) is 30.2 Å². The third kappa shape index (κ3) is 3.67. The Morgan fingerprint density at radius 2 is 2.04 bits per heavy atom. The largest absolute Gasteiger partial charge is 0.288 e. The summed E-state index contributed by atoms with van der Waals surface area (Å²) < 4.78 is 29.8. The second-order valence-electron chi connectivity index (χ2n) is 7.22. The molecule has 142 valence electrons. The first-order valence-corrected chi connectivity index (χ1v) is 10.4. The van der Waals surface area contributed by atoms with Crippen LogP contribution in [0.5, 0.6) is 0 Å². The lowest BCUT2D eigenvalue weighted by Crippen LogP contribution is -2.45. The molecule has 1 aliphatic rings. The van der Waals surface area contributed by atoms with Crippen molar-refractivity contribution in [3.05, 3.63) is 42.1 Å². The molecule has 0 unspecified atom stereocenters. The zero-order chi connectivity index (χ0) is 18.9. The van der Waals surface area contributed by atoms with Gasteiger partial charge in [-0.25, -0.2) is 9.97 Å². The van der Waals surface area contributed by atoms with Crippen LogP contribution < -0.4 is 0 Å². The van der Waals surface area contributed by atoms with Crippen LogP contribution in [-0.4, -0.2) is 58.7 Å². The molecule has 7 nitrogen and oxygen atoms in total. The Balaban J connectivity index is 1.87. The molecule has 1 fully saturated rings. The van der Waals surface area contributed by atoms with Gasteiger partial charge in [0.1, 0.15) is 11.6 Å². The summed E-state index contributed by atoms with van der Waals surface area (Å²) in [4.78, 5) is 9.26. The SMILES string of the molecule is CC(C)c1nccn1-c1cccc([C@@H]2CCCN(S(=O)(=O)N(C)C)C2)n1. The summed E-state index contributed by atoms with van der Waals surface area (Å²) in [6.45, 7) is 5.25. The molecular weight excluding hydrogens is 350 g/mol. The van der Waals surface area contributed by atoms with Crippen LogP contribution in [0.4, 0.5) is 0 Å². The standard InChI is InChI=1S/C18H27N5O2S/c1-14(2)18-19-10-12-23(18)17-9-5-8-16(20-17)15-7-6-11-22(13-15)26(24,25)21(3)4/h5,8-10,12,14-15H,6-7,11,13H2,1-4H3/t15-/m1/s1. The van der Waals surface area contributed by atoms with Gasteiger partial charge in [0, 0.05) is 57.1 Å². The minimum atomic E-state index is -3.39. The van der Waals surface area contributed by atoms with E-state index in [1.807, 2.05) is 29.0 Å². The molecule has 2 aromatic rings. The molecule has 0 amide bonds. The van der Waals surface area contributed by atoms with Crippen molar-refractivity contribution in [3.63, 3.8) is 0 Å². The Kier molecular flexibility index (Phi) is 5.45. The van der Waals surface area contributed by atoms with Crippen LogP contribution in [0.15, 0.2) is 30.6 Å². The Morgan fingerprint density at radius 1 is 1.27 bits per heavy atom. The van der Waals surface area contributed by atoms with Crippen LogP contribution in [0.25, 0.3) is 5.82 Å². The summed E-state index contributed by atoms with van der Waals surface area (Å²) in [5.74, 6) is 2.20. The molecule has 1 aliphatic heterocycles. The highest BCUT2D eigenvalue weighted by Gasteiger charge is 2.31. The van der Waals surface area contributed by atoms with E-state index in [1.54, 1.807) is 24.6 Å². The molecule has 3 heterocycles. The lowest BCUT2D eigenvalue weighted by molar-refractivity contribution is 0.296. The summed E-state index contributed by atoms with van der Waals surface area (Å²) in [6, 6.07) is 5.95. The normalized spacial score (nSPS) is 19.4. The molecule has 0 radical (unpaired) electrons. The number of nitrogens with zero attached hydrogens (tertiary/aromatic N) is 5. The van der Waals surface area contributed by atoms with E-state index in [4.69, 9.17) is 4.98 Å². The number of hydrogen-bond donors (Lipinski definition) is 0. The third-order valence-electron chi connectivity index (χ3n) is 4.78. The van der Waals surface area contributed by atoms with Gasteiger partial charge in [-0.05, 0) is 25.0 Å². The van der Waals surface area contributed by atoms with Gasteiger partial charge in [0.25, 0.3) is 10.2 Å². The minimum Gasteiger partial charge on any atom is -0.288 e. The van der Waals surface area contributed by atoms with E-state index in [-0.39, 0.29) is 5.92 Å². The van der Waals surface area contributed by atoms with E-state index in [1.165, 1.54) is 4.31 Å². The Bertz CT molecular complexity index is 860. The lowest BCUT2D eigenvalue weighted by atomic mass is 9.95. The average molecular weight is 378 g/mol. The first-order chi connectivity index (χ1) is 12.3. The van der Waals surface area contributed by atoms with Gasteiger partial charge in [0.05, 0.1) is 0 Å². The molecule has 0 N–H and O–H groups in total. The summed E-state index contributed by atoms with van der Waals surface area (Å²) in [5.41, 5.74) is 0.935. The number of imidazole rings is 1. The molecule has 2 aromatic heterocycles. The van der Waals surface area contributed by atoms with Crippen LogP contribution >= 0.6 is 0 Å². The van der Waals surface area contributed by atoms with E-state index in [0.29, 0.717) is 19.0 Å². The molecule has 0 aromatic carbocycles.